The first-order chi connectivity index (χ1) is 13.3. The summed E-state index contributed by atoms with van der Waals surface area (Å²) < 4.78 is 11.4. The van der Waals surface area contributed by atoms with Gasteiger partial charge in [-0.1, -0.05) is 6.07 Å². The Kier molecular flexibility index (Phi) is 5.53. The van der Waals surface area contributed by atoms with Crippen LogP contribution in [0.4, 0.5) is 0 Å². The number of nitrogens with zero attached hydrogens (tertiary/aromatic N) is 3. The molecule has 27 heavy (non-hydrogen) atoms. The Bertz CT molecular complexity index is 887. The largest absolute Gasteiger partial charge is 0.493 e. The van der Waals surface area contributed by atoms with Gasteiger partial charge in [0, 0.05) is 30.1 Å². The van der Waals surface area contributed by atoms with E-state index in [0.717, 1.165) is 41.7 Å². The Morgan fingerprint density at radius 3 is 2.85 bits per heavy atom. The number of likely N-dealkylation sites (tertiary alicyclic amines) is 1. The van der Waals surface area contributed by atoms with Crippen molar-refractivity contribution in [2.45, 2.75) is 25.7 Å². The number of fused-ring (bicyclic) bond motifs is 1. The molecule has 1 aliphatic heterocycles. The zero-order valence-corrected chi connectivity index (χ0v) is 15.8. The molecule has 0 atom stereocenters. The molecule has 1 aliphatic rings. The lowest BCUT2D eigenvalue weighted by Gasteiger charge is -2.15. The lowest BCUT2D eigenvalue weighted by molar-refractivity contribution is 0.253. The summed E-state index contributed by atoms with van der Waals surface area (Å²) in [5.74, 6) is 1.46. The van der Waals surface area contributed by atoms with E-state index in [9.17, 15) is 0 Å². The number of nitrogens with one attached hydrogen (secondary N) is 1. The van der Waals surface area contributed by atoms with Crippen molar-refractivity contribution < 1.29 is 9.47 Å². The van der Waals surface area contributed by atoms with Crippen LogP contribution in [0.5, 0.6) is 11.5 Å². The average molecular weight is 366 g/mol. The van der Waals surface area contributed by atoms with Gasteiger partial charge in [0.25, 0.3) is 0 Å². The number of hydrogen-bond acceptors (Lipinski definition) is 5. The molecular formula is C21H26N4O2. The van der Waals surface area contributed by atoms with Crippen molar-refractivity contribution in [3.63, 3.8) is 0 Å². The molecule has 6 heteroatoms. The summed E-state index contributed by atoms with van der Waals surface area (Å²) in [5, 5.41) is 8.15. The minimum absolute atomic E-state index is 0.686. The molecule has 0 amide bonds. The van der Waals surface area contributed by atoms with Gasteiger partial charge in [-0.3, -0.25) is 10.1 Å². The van der Waals surface area contributed by atoms with E-state index in [1.807, 2.05) is 18.3 Å². The molecule has 1 N–H and O–H groups in total. The predicted molar refractivity (Wildman–Crippen MR) is 105 cm³/mol. The molecule has 0 unspecified atom stereocenters. The van der Waals surface area contributed by atoms with Crippen LogP contribution in [0.1, 0.15) is 30.5 Å². The summed E-state index contributed by atoms with van der Waals surface area (Å²) in [7, 11) is 1.67. The fraction of sp³-hybridized carbons (Fsp3) is 0.429. The summed E-state index contributed by atoms with van der Waals surface area (Å²) in [6.07, 6.45) is 8.04. The van der Waals surface area contributed by atoms with Crippen molar-refractivity contribution in [1.82, 2.24) is 20.1 Å². The lowest BCUT2D eigenvalue weighted by Crippen LogP contribution is -2.22. The second kappa shape index (κ2) is 8.39. The zero-order valence-electron chi connectivity index (χ0n) is 15.8. The van der Waals surface area contributed by atoms with E-state index in [1.165, 1.54) is 31.5 Å². The van der Waals surface area contributed by atoms with Crippen molar-refractivity contribution >= 4 is 10.9 Å². The normalized spacial score (nSPS) is 14.7. The molecule has 142 valence electrons. The number of pyridine rings is 1. The fourth-order valence-corrected chi connectivity index (χ4v) is 3.62. The van der Waals surface area contributed by atoms with Crippen LogP contribution in [0, 0.1) is 0 Å². The Hall–Kier alpha value is -2.60. The maximum atomic E-state index is 5.91. The first-order valence-corrected chi connectivity index (χ1v) is 9.62. The number of aromatic amines is 1. The van der Waals surface area contributed by atoms with Gasteiger partial charge in [-0.05, 0) is 50.0 Å². The highest BCUT2D eigenvalue weighted by atomic mass is 16.5. The second-order valence-electron chi connectivity index (χ2n) is 7.05. The molecule has 1 saturated heterocycles. The first kappa shape index (κ1) is 17.8. The Morgan fingerprint density at radius 1 is 1.11 bits per heavy atom. The van der Waals surface area contributed by atoms with Crippen LogP contribution in [-0.4, -0.2) is 53.4 Å². The zero-order chi connectivity index (χ0) is 18.5. The summed E-state index contributed by atoms with van der Waals surface area (Å²) in [6, 6.07) is 8.25. The topological polar surface area (TPSA) is 63.3 Å². The first-order valence-electron chi connectivity index (χ1n) is 9.62. The van der Waals surface area contributed by atoms with E-state index in [0.29, 0.717) is 12.4 Å². The number of methoxy groups -OCH3 is 1. The Balaban J connectivity index is 1.36. The van der Waals surface area contributed by atoms with Crippen molar-refractivity contribution in [3.05, 3.63) is 47.9 Å². The third-order valence-corrected chi connectivity index (χ3v) is 5.07. The van der Waals surface area contributed by atoms with Crippen LogP contribution >= 0.6 is 0 Å². The summed E-state index contributed by atoms with van der Waals surface area (Å²) >= 11 is 0. The van der Waals surface area contributed by atoms with Gasteiger partial charge in [0.15, 0.2) is 11.5 Å². The van der Waals surface area contributed by atoms with Crippen molar-refractivity contribution in [1.29, 1.82) is 0 Å². The van der Waals surface area contributed by atoms with Gasteiger partial charge >= 0.3 is 0 Å². The molecule has 0 spiro atoms. The van der Waals surface area contributed by atoms with Gasteiger partial charge in [-0.2, -0.15) is 5.10 Å². The minimum Gasteiger partial charge on any atom is -0.493 e. The van der Waals surface area contributed by atoms with Crippen LogP contribution in [0.2, 0.25) is 0 Å². The summed E-state index contributed by atoms with van der Waals surface area (Å²) in [5.41, 5.74) is 3.19. The van der Waals surface area contributed by atoms with E-state index in [4.69, 9.17) is 9.47 Å². The van der Waals surface area contributed by atoms with E-state index in [1.54, 1.807) is 13.3 Å². The molecule has 0 aliphatic carbocycles. The SMILES string of the molecule is COc1cc(Cc2ccc3[nH]ncc3c2)ncc1OCCCN1CCCC1. The summed E-state index contributed by atoms with van der Waals surface area (Å²) in [6.45, 7) is 4.24. The third-order valence-electron chi connectivity index (χ3n) is 5.07. The third kappa shape index (κ3) is 4.39. The van der Waals surface area contributed by atoms with E-state index in [2.05, 4.69) is 32.2 Å². The fourth-order valence-electron chi connectivity index (χ4n) is 3.62. The van der Waals surface area contributed by atoms with Crippen molar-refractivity contribution in [2.24, 2.45) is 0 Å². The highest BCUT2D eigenvalue weighted by Gasteiger charge is 2.12. The number of hydrogen-bond donors (Lipinski definition) is 1. The maximum absolute atomic E-state index is 5.91. The summed E-state index contributed by atoms with van der Waals surface area (Å²) in [4.78, 5) is 7.07. The van der Waals surface area contributed by atoms with E-state index < -0.39 is 0 Å². The molecule has 4 rings (SSSR count). The number of ether oxygens (including phenoxy) is 2. The number of benzene rings is 1. The van der Waals surface area contributed by atoms with Gasteiger partial charge in [-0.15, -0.1) is 0 Å². The van der Waals surface area contributed by atoms with E-state index >= 15 is 0 Å². The van der Waals surface area contributed by atoms with Crippen LogP contribution < -0.4 is 9.47 Å². The highest BCUT2D eigenvalue weighted by Crippen LogP contribution is 2.28. The molecule has 3 aromatic rings. The lowest BCUT2D eigenvalue weighted by atomic mass is 10.1. The quantitative estimate of drug-likeness (QED) is 0.619. The van der Waals surface area contributed by atoms with Crippen molar-refractivity contribution in [3.8, 4) is 11.5 Å². The molecule has 6 nitrogen and oxygen atoms in total. The van der Waals surface area contributed by atoms with Crippen LogP contribution in [-0.2, 0) is 6.42 Å². The second-order valence-corrected chi connectivity index (χ2v) is 7.05. The molecule has 3 heterocycles. The van der Waals surface area contributed by atoms with Crippen molar-refractivity contribution in [2.75, 3.05) is 33.4 Å². The molecule has 2 aromatic heterocycles. The monoisotopic (exact) mass is 366 g/mol. The highest BCUT2D eigenvalue weighted by molar-refractivity contribution is 5.78. The molecule has 1 fully saturated rings. The van der Waals surface area contributed by atoms with Crippen LogP contribution in [0.15, 0.2) is 36.7 Å². The number of H-pyrrole nitrogens is 1. The smallest absolute Gasteiger partial charge is 0.179 e. The molecule has 0 saturated carbocycles. The van der Waals surface area contributed by atoms with Gasteiger partial charge in [0.05, 0.1) is 31.6 Å². The Morgan fingerprint density at radius 2 is 2.00 bits per heavy atom. The average Bonchev–Trinajstić information content (AvgIpc) is 3.37. The number of aromatic nitrogens is 3. The minimum atomic E-state index is 0.686. The van der Waals surface area contributed by atoms with Gasteiger partial charge < -0.3 is 14.4 Å². The van der Waals surface area contributed by atoms with Gasteiger partial charge in [-0.25, -0.2) is 0 Å². The van der Waals surface area contributed by atoms with Gasteiger partial charge in [0.2, 0.25) is 0 Å². The van der Waals surface area contributed by atoms with Gasteiger partial charge in [0.1, 0.15) is 0 Å². The predicted octanol–water partition coefficient (Wildman–Crippen LogP) is 3.42. The molecule has 1 aromatic carbocycles. The van der Waals surface area contributed by atoms with Crippen LogP contribution in [0.25, 0.3) is 10.9 Å². The molecular weight excluding hydrogens is 340 g/mol. The van der Waals surface area contributed by atoms with E-state index in [-0.39, 0.29) is 0 Å². The van der Waals surface area contributed by atoms with Crippen LogP contribution in [0.3, 0.4) is 0 Å². The molecule has 0 radical (unpaired) electrons. The number of rotatable bonds is 8. The molecule has 0 bridgehead atoms. The maximum Gasteiger partial charge on any atom is 0.179 e. The Labute approximate surface area is 159 Å². The standard InChI is InChI=1S/C21H26N4O2/c1-26-20-13-18(12-16-5-6-19-17(11-16)14-23-24-19)22-15-21(20)27-10-4-9-25-7-2-3-8-25/h5-6,11,13-15H,2-4,7-10,12H2,1H3,(H,23,24).